The van der Waals surface area contributed by atoms with Gasteiger partial charge in [0, 0.05) is 12.8 Å². The topological polar surface area (TPSA) is 111 Å². The van der Waals surface area contributed by atoms with Crippen molar-refractivity contribution in [1.82, 2.24) is 0 Å². The number of esters is 2. The lowest BCUT2D eigenvalue weighted by Crippen LogP contribution is -2.37. The first-order valence-corrected chi connectivity index (χ1v) is 27.8. The van der Waals surface area contributed by atoms with E-state index in [0.717, 1.165) is 38.5 Å². The fourth-order valence-electron chi connectivity index (χ4n) is 7.21. The fourth-order valence-corrected chi connectivity index (χ4v) is 7.93. The maximum atomic E-state index is 12.7. The quantitative estimate of drug-likeness (QED) is 0.0195. The van der Waals surface area contributed by atoms with Crippen LogP contribution in [0.1, 0.15) is 232 Å². The second-order valence-electron chi connectivity index (χ2n) is 18.9. The Kier molecular flexibility index (Phi) is 44.6. The Bertz CT molecular complexity index is 1230. The summed E-state index contributed by atoms with van der Waals surface area (Å²) in [5, 5.41) is 0. The van der Waals surface area contributed by atoms with Gasteiger partial charge in [-0.2, -0.15) is 0 Å². The predicted octanol–water partition coefficient (Wildman–Crippen LogP) is 15.2. The van der Waals surface area contributed by atoms with Crippen molar-refractivity contribution in [2.24, 2.45) is 0 Å². The molecule has 0 amide bonds. The minimum absolute atomic E-state index is 0.0434. The van der Waals surface area contributed by atoms with Gasteiger partial charge in [-0.3, -0.25) is 14.2 Å². The number of quaternary nitrogens is 1. The summed E-state index contributed by atoms with van der Waals surface area (Å²) in [4.78, 5) is 37.7. The molecule has 0 saturated heterocycles. The molecular weight excluding hydrogens is 822 g/mol. The molecule has 0 saturated carbocycles. The number of nitrogens with zero attached hydrogens (tertiary/aromatic N) is 1. The lowest BCUT2D eigenvalue weighted by molar-refractivity contribution is -0.870. The third kappa shape index (κ3) is 49.4. The second-order valence-corrected chi connectivity index (χ2v) is 20.3. The number of hydrogen-bond acceptors (Lipinski definition) is 8. The Hall–Kier alpha value is -2.03. The summed E-state index contributed by atoms with van der Waals surface area (Å²) in [7, 11) is 1.13. The minimum atomic E-state index is -4.65. The molecule has 0 N–H and O–H groups in total. The van der Waals surface area contributed by atoms with Crippen LogP contribution in [0.25, 0.3) is 0 Å². The van der Waals surface area contributed by atoms with Gasteiger partial charge in [-0.15, -0.1) is 0 Å². The highest BCUT2D eigenvalue weighted by Gasteiger charge is 2.21. The van der Waals surface area contributed by atoms with Gasteiger partial charge in [-0.05, 0) is 64.2 Å². The van der Waals surface area contributed by atoms with Crippen LogP contribution in [-0.4, -0.2) is 70.0 Å². The minimum Gasteiger partial charge on any atom is -0.756 e. The largest absolute Gasteiger partial charge is 0.756 e. The Morgan fingerprint density at radius 1 is 0.484 bits per heavy atom. The molecule has 0 fully saturated rings. The van der Waals surface area contributed by atoms with Gasteiger partial charge in [-0.1, -0.05) is 204 Å². The number of phosphoric ester groups is 1. The fraction of sp³-hybridized carbons (Fsp3) is 0.815. The van der Waals surface area contributed by atoms with E-state index in [9.17, 15) is 19.0 Å². The van der Waals surface area contributed by atoms with Gasteiger partial charge in [0.05, 0.1) is 27.7 Å². The molecule has 0 aromatic rings. The first kappa shape index (κ1) is 62.0. The van der Waals surface area contributed by atoms with Crippen LogP contribution in [0.2, 0.25) is 0 Å². The van der Waals surface area contributed by atoms with E-state index in [0.29, 0.717) is 23.9 Å². The van der Waals surface area contributed by atoms with Crippen molar-refractivity contribution in [2.75, 3.05) is 47.5 Å². The molecule has 64 heavy (non-hydrogen) atoms. The van der Waals surface area contributed by atoms with Crippen molar-refractivity contribution >= 4 is 19.8 Å². The van der Waals surface area contributed by atoms with Crippen LogP contribution in [0.15, 0.2) is 48.6 Å². The van der Waals surface area contributed by atoms with Crippen molar-refractivity contribution in [3.63, 3.8) is 0 Å². The van der Waals surface area contributed by atoms with Crippen molar-refractivity contribution < 1.29 is 42.1 Å². The van der Waals surface area contributed by atoms with Crippen molar-refractivity contribution in [3.05, 3.63) is 48.6 Å². The number of allylic oxidation sites excluding steroid dienone is 8. The van der Waals surface area contributed by atoms with Crippen LogP contribution in [0, 0.1) is 0 Å². The molecular formula is C54H100NO8P. The molecule has 2 atom stereocenters. The molecule has 0 aliphatic heterocycles. The average Bonchev–Trinajstić information content (AvgIpc) is 3.25. The number of unbranched alkanes of at least 4 members (excludes halogenated alkanes) is 26. The highest BCUT2D eigenvalue weighted by atomic mass is 31.2. The molecule has 374 valence electrons. The van der Waals surface area contributed by atoms with E-state index in [1.165, 1.54) is 154 Å². The molecule has 0 rings (SSSR count). The first-order chi connectivity index (χ1) is 31.0. The van der Waals surface area contributed by atoms with E-state index in [-0.39, 0.29) is 26.1 Å². The lowest BCUT2D eigenvalue weighted by Gasteiger charge is -2.28. The summed E-state index contributed by atoms with van der Waals surface area (Å²) in [5.74, 6) is -0.928. The molecule has 0 aromatic heterocycles. The third-order valence-corrected chi connectivity index (χ3v) is 12.3. The molecule has 0 bridgehead atoms. The summed E-state index contributed by atoms with van der Waals surface area (Å²) < 4.78 is 33.9. The summed E-state index contributed by atoms with van der Waals surface area (Å²) >= 11 is 0. The van der Waals surface area contributed by atoms with Crippen LogP contribution in [-0.2, 0) is 32.7 Å². The van der Waals surface area contributed by atoms with Gasteiger partial charge < -0.3 is 27.9 Å². The molecule has 9 nitrogen and oxygen atoms in total. The number of rotatable bonds is 48. The van der Waals surface area contributed by atoms with Gasteiger partial charge in [-0.25, -0.2) is 0 Å². The normalized spacial score (nSPS) is 13.8. The average molecular weight is 922 g/mol. The van der Waals surface area contributed by atoms with E-state index >= 15 is 0 Å². The Balaban J connectivity index is 4.31. The molecule has 1 unspecified atom stereocenters. The summed E-state index contributed by atoms with van der Waals surface area (Å²) in [6.45, 7) is 4.16. The Morgan fingerprint density at radius 2 is 0.844 bits per heavy atom. The number of ether oxygens (including phenoxy) is 2. The smallest absolute Gasteiger partial charge is 0.306 e. The standard InChI is InChI=1S/C54H100NO8P/c1-6-8-10-12-14-16-18-20-22-24-25-26-27-28-29-31-33-35-37-39-41-43-45-47-54(57)63-52(51-62-64(58,59)61-49-48-55(3,4)5)50-60-53(56)46-44-42-40-38-36-34-32-30-23-21-19-17-15-13-11-9-7-2/h21,23,32,34,38-41,52H,6-20,22,24-31,33,35-37,42-51H2,1-5H3/b23-21+,34-32+,40-38+,41-39+/t52-/m1/s1. The maximum Gasteiger partial charge on any atom is 0.306 e. The van der Waals surface area contributed by atoms with Gasteiger partial charge in [0.2, 0.25) is 0 Å². The number of phosphoric acid groups is 1. The van der Waals surface area contributed by atoms with Gasteiger partial charge in [0.15, 0.2) is 6.10 Å². The molecule has 0 radical (unpaired) electrons. The zero-order valence-corrected chi connectivity index (χ0v) is 43.1. The van der Waals surface area contributed by atoms with Gasteiger partial charge >= 0.3 is 11.9 Å². The van der Waals surface area contributed by atoms with Crippen molar-refractivity contribution in [1.29, 1.82) is 0 Å². The molecule has 0 heterocycles. The third-order valence-electron chi connectivity index (χ3n) is 11.3. The zero-order chi connectivity index (χ0) is 47.1. The van der Waals surface area contributed by atoms with Crippen LogP contribution in [0.4, 0.5) is 0 Å². The SMILES string of the molecule is CCCCCCCC/C=C/C/C=C/C/C=C/CCCC(=O)OC[C@H](COP(=O)([O-])OCC[N+](C)(C)C)OC(=O)CCC/C=C/CCCCCCCCCCCCCCCCCCCC. The van der Waals surface area contributed by atoms with Gasteiger partial charge in [0.25, 0.3) is 7.82 Å². The summed E-state index contributed by atoms with van der Waals surface area (Å²) in [6.07, 6.45) is 56.0. The number of hydrogen-bond donors (Lipinski definition) is 0. The highest BCUT2D eigenvalue weighted by Crippen LogP contribution is 2.38. The molecule has 0 spiro atoms. The van der Waals surface area contributed by atoms with Crippen LogP contribution >= 0.6 is 7.82 Å². The van der Waals surface area contributed by atoms with E-state index in [2.05, 4.69) is 62.5 Å². The van der Waals surface area contributed by atoms with Crippen LogP contribution < -0.4 is 4.89 Å². The van der Waals surface area contributed by atoms with Crippen LogP contribution in [0.3, 0.4) is 0 Å². The van der Waals surface area contributed by atoms with E-state index in [4.69, 9.17) is 18.5 Å². The first-order valence-electron chi connectivity index (χ1n) is 26.3. The predicted molar refractivity (Wildman–Crippen MR) is 268 cm³/mol. The van der Waals surface area contributed by atoms with Crippen molar-refractivity contribution in [3.8, 4) is 0 Å². The molecule has 0 aliphatic rings. The van der Waals surface area contributed by atoms with Crippen LogP contribution in [0.5, 0.6) is 0 Å². The van der Waals surface area contributed by atoms with Crippen molar-refractivity contribution in [2.45, 2.75) is 238 Å². The highest BCUT2D eigenvalue weighted by molar-refractivity contribution is 7.45. The summed E-state index contributed by atoms with van der Waals surface area (Å²) in [6, 6.07) is 0. The van der Waals surface area contributed by atoms with E-state index < -0.39 is 32.5 Å². The zero-order valence-electron chi connectivity index (χ0n) is 42.2. The molecule has 0 aliphatic carbocycles. The van der Waals surface area contributed by atoms with Gasteiger partial charge in [0.1, 0.15) is 19.8 Å². The second kappa shape index (κ2) is 46.1. The molecule has 0 aromatic carbocycles. The number of likely N-dealkylation sites (N-methyl/N-ethyl adjacent to an activating group) is 1. The Labute approximate surface area is 394 Å². The number of carbonyl (C=O) groups is 2. The molecule has 10 heteroatoms. The lowest BCUT2D eigenvalue weighted by atomic mass is 10.0. The number of carbonyl (C=O) groups excluding carboxylic acids is 2. The maximum absolute atomic E-state index is 12.7. The van der Waals surface area contributed by atoms with E-state index in [1.54, 1.807) is 0 Å². The Morgan fingerprint density at radius 3 is 1.27 bits per heavy atom. The summed E-state index contributed by atoms with van der Waals surface area (Å²) in [5.41, 5.74) is 0. The monoisotopic (exact) mass is 922 g/mol. The van der Waals surface area contributed by atoms with E-state index in [1.807, 2.05) is 21.1 Å².